The van der Waals surface area contributed by atoms with E-state index in [1.165, 1.54) is 5.56 Å². The number of pyridine rings is 1. The summed E-state index contributed by atoms with van der Waals surface area (Å²) < 4.78 is 1.88. The van der Waals surface area contributed by atoms with Crippen LogP contribution in [0.25, 0.3) is 10.9 Å². The smallest absolute Gasteiger partial charge is 0.352 e. The number of aromatic carboxylic acids is 1. The minimum Gasteiger partial charge on any atom is -0.477 e. The van der Waals surface area contributed by atoms with Crippen LogP contribution in [0.4, 0.5) is 0 Å². The van der Waals surface area contributed by atoms with Crippen molar-refractivity contribution in [2.75, 3.05) is 0 Å². The van der Waals surface area contributed by atoms with E-state index in [-0.39, 0.29) is 0 Å². The fourth-order valence-electron chi connectivity index (χ4n) is 3.23. The molecule has 1 N–H and O–H groups in total. The largest absolute Gasteiger partial charge is 0.477 e. The molecule has 1 aromatic carbocycles. The van der Waals surface area contributed by atoms with Gasteiger partial charge < -0.3 is 9.67 Å². The predicted molar refractivity (Wildman–Crippen MR) is 95.8 cm³/mol. The van der Waals surface area contributed by atoms with Crippen LogP contribution in [0.2, 0.25) is 0 Å². The standard InChI is InChI=1S/C20H22N2O2/c1-12(2)17-9-14(4)7-15-10-18(20(23)24)22(19(15)17)11-16-8-13(3)5-6-21-16/h5-10,12H,11H2,1-4H3,(H,23,24). The Labute approximate surface area is 141 Å². The summed E-state index contributed by atoms with van der Waals surface area (Å²) in [5.74, 6) is -0.598. The molecule has 24 heavy (non-hydrogen) atoms. The van der Waals surface area contributed by atoms with E-state index in [0.717, 1.165) is 27.7 Å². The van der Waals surface area contributed by atoms with Crippen molar-refractivity contribution in [1.29, 1.82) is 0 Å². The number of carbonyl (C=O) groups is 1. The number of rotatable bonds is 4. The number of benzene rings is 1. The Balaban J connectivity index is 2.27. The summed E-state index contributed by atoms with van der Waals surface area (Å²) in [4.78, 5) is 16.2. The third kappa shape index (κ3) is 2.92. The average molecular weight is 322 g/mol. The van der Waals surface area contributed by atoms with Crippen molar-refractivity contribution >= 4 is 16.9 Å². The average Bonchev–Trinajstić information content (AvgIpc) is 2.85. The molecule has 0 spiro atoms. The normalized spacial score (nSPS) is 11.4. The highest BCUT2D eigenvalue weighted by Gasteiger charge is 2.19. The summed E-state index contributed by atoms with van der Waals surface area (Å²) in [5, 5.41) is 10.6. The van der Waals surface area contributed by atoms with Gasteiger partial charge in [-0.25, -0.2) is 4.79 Å². The molecule has 0 aliphatic carbocycles. The molecule has 0 atom stereocenters. The molecule has 4 heteroatoms. The van der Waals surface area contributed by atoms with Crippen molar-refractivity contribution in [1.82, 2.24) is 9.55 Å². The first-order valence-corrected chi connectivity index (χ1v) is 8.15. The van der Waals surface area contributed by atoms with Crippen LogP contribution in [0.5, 0.6) is 0 Å². The van der Waals surface area contributed by atoms with Gasteiger partial charge in [0, 0.05) is 11.6 Å². The molecule has 0 amide bonds. The molecule has 0 fully saturated rings. The van der Waals surface area contributed by atoms with Gasteiger partial charge in [0.2, 0.25) is 0 Å². The van der Waals surface area contributed by atoms with Crippen LogP contribution in [0, 0.1) is 13.8 Å². The second kappa shape index (κ2) is 6.11. The highest BCUT2D eigenvalue weighted by Crippen LogP contribution is 2.30. The molecule has 0 radical (unpaired) electrons. The van der Waals surface area contributed by atoms with Gasteiger partial charge in [0.15, 0.2) is 0 Å². The van der Waals surface area contributed by atoms with E-state index in [1.54, 1.807) is 12.3 Å². The molecular formula is C20H22N2O2. The molecule has 0 bridgehead atoms. The van der Waals surface area contributed by atoms with Crippen molar-refractivity contribution in [2.45, 2.75) is 40.2 Å². The number of fused-ring (bicyclic) bond motifs is 1. The summed E-state index contributed by atoms with van der Waals surface area (Å²) in [5.41, 5.74) is 5.61. The topological polar surface area (TPSA) is 55.1 Å². The van der Waals surface area contributed by atoms with Gasteiger partial charge in [-0.1, -0.05) is 25.5 Å². The highest BCUT2D eigenvalue weighted by atomic mass is 16.4. The first kappa shape index (κ1) is 16.2. The zero-order chi connectivity index (χ0) is 17.4. The third-order valence-corrected chi connectivity index (χ3v) is 4.30. The van der Waals surface area contributed by atoms with Crippen molar-refractivity contribution in [2.24, 2.45) is 0 Å². The quantitative estimate of drug-likeness (QED) is 0.768. The minimum atomic E-state index is -0.911. The Kier molecular flexibility index (Phi) is 4.14. The predicted octanol–water partition coefficient (Wildman–Crippen LogP) is 4.52. The fraction of sp³-hybridized carbons (Fsp3) is 0.300. The Bertz CT molecular complexity index is 923. The number of hydrogen-bond donors (Lipinski definition) is 1. The molecule has 3 aromatic rings. The molecule has 0 aliphatic heterocycles. The van der Waals surface area contributed by atoms with Crippen LogP contribution < -0.4 is 0 Å². The summed E-state index contributed by atoms with van der Waals surface area (Å²) in [7, 11) is 0. The maximum Gasteiger partial charge on any atom is 0.352 e. The van der Waals surface area contributed by atoms with Crippen LogP contribution in [0.15, 0.2) is 36.5 Å². The second-order valence-electron chi connectivity index (χ2n) is 6.69. The molecule has 0 aliphatic rings. The van der Waals surface area contributed by atoms with Crippen molar-refractivity contribution in [3.05, 3.63) is 64.6 Å². The summed E-state index contributed by atoms with van der Waals surface area (Å²) in [6.45, 7) is 8.79. The lowest BCUT2D eigenvalue weighted by Gasteiger charge is -2.15. The number of carboxylic acids is 1. The second-order valence-corrected chi connectivity index (χ2v) is 6.69. The van der Waals surface area contributed by atoms with E-state index in [1.807, 2.05) is 36.6 Å². The Morgan fingerprint density at radius 1 is 1.17 bits per heavy atom. The van der Waals surface area contributed by atoms with Crippen LogP contribution in [-0.4, -0.2) is 20.6 Å². The number of carboxylic acid groups (broad SMARTS) is 1. The monoisotopic (exact) mass is 322 g/mol. The van der Waals surface area contributed by atoms with Crippen LogP contribution in [0.3, 0.4) is 0 Å². The summed E-state index contributed by atoms with van der Waals surface area (Å²) in [6, 6.07) is 9.91. The van der Waals surface area contributed by atoms with E-state index in [4.69, 9.17) is 0 Å². The van der Waals surface area contributed by atoms with Crippen molar-refractivity contribution in [3.8, 4) is 0 Å². The molecular weight excluding hydrogens is 300 g/mol. The molecule has 3 rings (SSSR count). The van der Waals surface area contributed by atoms with E-state index in [0.29, 0.717) is 18.2 Å². The van der Waals surface area contributed by atoms with Crippen LogP contribution in [-0.2, 0) is 6.54 Å². The molecule has 4 nitrogen and oxygen atoms in total. The molecule has 124 valence electrons. The maximum absolute atomic E-state index is 11.8. The number of aromatic nitrogens is 2. The Morgan fingerprint density at radius 3 is 2.54 bits per heavy atom. The first-order chi connectivity index (χ1) is 11.4. The third-order valence-electron chi connectivity index (χ3n) is 4.30. The van der Waals surface area contributed by atoms with Gasteiger partial charge in [-0.15, -0.1) is 0 Å². The summed E-state index contributed by atoms with van der Waals surface area (Å²) >= 11 is 0. The highest BCUT2D eigenvalue weighted by molar-refractivity contribution is 5.96. The van der Waals surface area contributed by atoms with Gasteiger partial charge in [0.05, 0.1) is 17.8 Å². The van der Waals surface area contributed by atoms with E-state index in [2.05, 4.69) is 24.9 Å². The molecule has 0 saturated heterocycles. The first-order valence-electron chi connectivity index (χ1n) is 8.15. The minimum absolute atomic E-state index is 0.306. The van der Waals surface area contributed by atoms with E-state index >= 15 is 0 Å². The number of hydrogen-bond acceptors (Lipinski definition) is 2. The lowest BCUT2D eigenvalue weighted by atomic mass is 9.98. The SMILES string of the molecule is Cc1ccnc(Cn2c(C(=O)O)cc3cc(C)cc(C(C)C)c32)c1. The van der Waals surface area contributed by atoms with Gasteiger partial charge in [0.25, 0.3) is 0 Å². The van der Waals surface area contributed by atoms with Gasteiger partial charge in [-0.2, -0.15) is 0 Å². The lowest BCUT2D eigenvalue weighted by Crippen LogP contribution is -2.11. The number of aryl methyl sites for hydroxylation is 2. The maximum atomic E-state index is 11.8. The molecule has 0 unspecified atom stereocenters. The Hall–Kier alpha value is -2.62. The summed E-state index contributed by atoms with van der Waals surface area (Å²) in [6.07, 6.45) is 1.77. The van der Waals surface area contributed by atoms with Gasteiger partial charge >= 0.3 is 5.97 Å². The molecule has 2 aromatic heterocycles. The number of nitrogens with zero attached hydrogens (tertiary/aromatic N) is 2. The van der Waals surface area contributed by atoms with Crippen LogP contribution in [0.1, 0.15) is 52.6 Å². The van der Waals surface area contributed by atoms with E-state index < -0.39 is 5.97 Å². The van der Waals surface area contributed by atoms with Gasteiger partial charge in [0.1, 0.15) is 5.69 Å². The zero-order valence-corrected chi connectivity index (χ0v) is 14.5. The van der Waals surface area contributed by atoms with Crippen molar-refractivity contribution < 1.29 is 9.90 Å². The molecule has 2 heterocycles. The van der Waals surface area contributed by atoms with E-state index in [9.17, 15) is 9.90 Å². The van der Waals surface area contributed by atoms with Crippen LogP contribution >= 0.6 is 0 Å². The van der Waals surface area contributed by atoms with Gasteiger partial charge in [-0.05, 0) is 55.2 Å². The zero-order valence-electron chi connectivity index (χ0n) is 14.5. The van der Waals surface area contributed by atoms with Crippen molar-refractivity contribution in [3.63, 3.8) is 0 Å². The molecule has 0 saturated carbocycles. The van der Waals surface area contributed by atoms with Gasteiger partial charge in [-0.3, -0.25) is 4.98 Å². The Morgan fingerprint density at radius 2 is 1.92 bits per heavy atom. The lowest BCUT2D eigenvalue weighted by molar-refractivity contribution is 0.0686. The fourth-order valence-corrected chi connectivity index (χ4v) is 3.23.